The van der Waals surface area contributed by atoms with E-state index in [0.29, 0.717) is 12.8 Å². The van der Waals surface area contributed by atoms with Crippen LogP contribution in [-0.2, 0) is 4.79 Å². The van der Waals surface area contributed by atoms with Gasteiger partial charge in [0.2, 0.25) is 0 Å². The second-order valence-corrected chi connectivity index (χ2v) is 5.80. The van der Waals surface area contributed by atoms with Gasteiger partial charge in [-0.1, -0.05) is 36.9 Å². The number of hydrogen-bond donors (Lipinski definition) is 0. The third-order valence-corrected chi connectivity index (χ3v) is 3.99. The Bertz CT molecular complexity index is 714. The molecule has 0 spiro atoms. The second kappa shape index (κ2) is 7.21. The molecular weight excluding hydrogens is 302 g/mol. The van der Waals surface area contributed by atoms with Crippen molar-refractivity contribution >= 4 is 5.91 Å². The summed E-state index contributed by atoms with van der Waals surface area (Å²) < 4.78 is 12.0. The van der Waals surface area contributed by atoms with Crippen molar-refractivity contribution in [2.75, 3.05) is 0 Å². The molecule has 124 valence electrons. The van der Waals surface area contributed by atoms with E-state index in [4.69, 9.17) is 9.47 Å². The van der Waals surface area contributed by atoms with Gasteiger partial charge in [0.1, 0.15) is 11.5 Å². The Morgan fingerprint density at radius 3 is 2.29 bits per heavy atom. The van der Waals surface area contributed by atoms with Crippen LogP contribution in [0.1, 0.15) is 18.4 Å². The number of hydrogen-bond acceptors (Lipinski definition) is 3. The van der Waals surface area contributed by atoms with Crippen molar-refractivity contribution in [1.29, 1.82) is 0 Å². The van der Waals surface area contributed by atoms with Crippen LogP contribution in [0.15, 0.2) is 67.3 Å². The molecule has 0 saturated carbocycles. The lowest BCUT2D eigenvalue weighted by atomic mass is 10.2. The van der Waals surface area contributed by atoms with Crippen molar-refractivity contribution in [3.05, 3.63) is 72.8 Å². The maximum absolute atomic E-state index is 12.3. The van der Waals surface area contributed by atoms with Crippen LogP contribution in [0.25, 0.3) is 0 Å². The summed E-state index contributed by atoms with van der Waals surface area (Å²) in [6.07, 6.45) is 2.02. The predicted octanol–water partition coefficient (Wildman–Crippen LogP) is 3.91. The van der Waals surface area contributed by atoms with Gasteiger partial charge in [-0.2, -0.15) is 0 Å². The average molecular weight is 323 g/mol. The molecule has 1 fully saturated rings. The lowest BCUT2D eigenvalue weighted by Gasteiger charge is -2.29. The molecule has 1 aliphatic heterocycles. The molecular formula is C20H21NO3. The van der Waals surface area contributed by atoms with Gasteiger partial charge >= 0.3 is 0 Å². The summed E-state index contributed by atoms with van der Waals surface area (Å²) in [5.41, 5.74) is 1.11. The Kier molecular flexibility index (Phi) is 4.85. The molecule has 0 bridgehead atoms. The summed E-state index contributed by atoms with van der Waals surface area (Å²) in [5, 5.41) is 0. The van der Waals surface area contributed by atoms with Crippen LogP contribution in [0, 0.1) is 6.92 Å². The molecule has 1 heterocycles. The molecule has 2 aromatic rings. The van der Waals surface area contributed by atoms with Crippen LogP contribution in [0.3, 0.4) is 0 Å². The van der Waals surface area contributed by atoms with Gasteiger partial charge in [0.15, 0.2) is 12.5 Å². The number of nitrogens with zero attached hydrogens (tertiary/aromatic N) is 1. The second-order valence-electron chi connectivity index (χ2n) is 5.80. The molecule has 1 amide bonds. The number of aryl methyl sites for hydroxylation is 1. The van der Waals surface area contributed by atoms with Crippen LogP contribution in [-0.4, -0.2) is 23.3 Å². The summed E-state index contributed by atoms with van der Waals surface area (Å²) in [7, 11) is 0. The van der Waals surface area contributed by atoms with E-state index >= 15 is 0 Å². The Hall–Kier alpha value is -2.75. The van der Waals surface area contributed by atoms with Crippen LogP contribution in [0.4, 0.5) is 0 Å². The summed E-state index contributed by atoms with van der Waals surface area (Å²) in [4.78, 5) is 14.0. The summed E-state index contributed by atoms with van der Waals surface area (Å²) in [6.45, 7) is 5.61. The Balaban J connectivity index is 1.77. The van der Waals surface area contributed by atoms with Crippen LogP contribution in [0.5, 0.6) is 11.5 Å². The summed E-state index contributed by atoms with van der Waals surface area (Å²) in [5.74, 6) is 1.30. The molecule has 0 N–H and O–H groups in total. The largest absolute Gasteiger partial charge is 0.470 e. The van der Waals surface area contributed by atoms with Crippen molar-refractivity contribution in [2.24, 2.45) is 0 Å². The zero-order chi connectivity index (χ0) is 16.9. The van der Waals surface area contributed by atoms with E-state index in [9.17, 15) is 4.79 Å². The van der Waals surface area contributed by atoms with Crippen molar-refractivity contribution in [2.45, 2.75) is 32.2 Å². The Morgan fingerprint density at radius 1 is 1.04 bits per heavy atom. The van der Waals surface area contributed by atoms with Gasteiger partial charge in [-0.15, -0.1) is 0 Å². The quantitative estimate of drug-likeness (QED) is 0.783. The number of benzene rings is 2. The number of carbonyl (C=O) groups excluding carboxylic acids is 1. The first-order valence-corrected chi connectivity index (χ1v) is 8.07. The van der Waals surface area contributed by atoms with Crippen LogP contribution in [0.2, 0.25) is 0 Å². The van der Waals surface area contributed by atoms with Gasteiger partial charge in [0.25, 0.3) is 5.91 Å². The molecule has 4 nitrogen and oxygen atoms in total. The van der Waals surface area contributed by atoms with Crippen LogP contribution >= 0.6 is 0 Å². The number of carbonyl (C=O) groups is 1. The topological polar surface area (TPSA) is 38.8 Å². The summed E-state index contributed by atoms with van der Waals surface area (Å²) in [6, 6.07) is 17.3. The molecule has 2 aromatic carbocycles. The van der Waals surface area contributed by atoms with Gasteiger partial charge in [-0.05, 0) is 42.8 Å². The molecule has 2 atom stereocenters. The molecule has 1 saturated heterocycles. The molecule has 0 radical (unpaired) electrons. The average Bonchev–Trinajstić information content (AvgIpc) is 2.97. The molecule has 0 aromatic heterocycles. The van der Waals surface area contributed by atoms with E-state index in [1.165, 1.54) is 6.08 Å². The number of rotatable bonds is 5. The van der Waals surface area contributed by atoms with E-state index < -0.39 is 0 Å². The van der Waals surface area contributed by atoms with Gasteiger partial charge in [0.05, 0.1) is 0 Å². The van der Waals surface area contributed by atoms with Crippen molar-refractivity contribution in [3.8, 4) is 11.5 Å². The predicted molar refractivity (Wildman–Crippen MR) is 92.7 cm³/mol. The standard InChI is InChI=1S/C20H21NO3/c1-3-18(22)21-19(23-16-9-5-4-6-10-16)12-13-20(21)24-17-11-7-8-15(2)14-17/h3-11,14,19-20H,1,12-13H2,2H3. The van der Waals surface area contributed by atoms with Gasteiger partial charge in [-0.25, -0.2) is 0 Å². The number of likely N-dealkylation sites (tertiary alicyclic amines) is 1. The van der Waals surface area contributed by atoms with Gasteiger partial charge < -0.3 is 9.47 Å². The number of amides is 1. The monoisotopic (exact) mass is 323 g/mol. The van der Waals surface area contributed by atoms with E-state index in [0.717, 1.165) is 17.1 Å². The molecule has 2 unspecified atom stereocenters. The number of para-hydroxylation sites is 1. The fourth-order valence-electron chi connectivity index (χ4n) is 2.87. The highest BCUT2D eigenvalue weighted by Gasteiger charge is 2.39. The number of ether oxygens (including phenoxy) is 2. The minimum absolute atomic E-state index is 0.189. The first-order chi connectivity index (χ1) is 11.7. The summed E-state index contributed by atoms with van der Waals surface area (Å²) >= 11 is 0. The van der Waals surface area contributed by atoms with E-state index in [1.54, 1.807) is 4.90 Å². The third-order valence-electron chi connectivity index (χ3n) is 3.99. The Labute approximate surface area is 142 Å². The fraction of sp³-hybridized carbons (Fsp3) is 0.250. The zero-order valence-electron chi connectivity index (χ0n) is 13.7. The molecule has 4 heteroatoms. The van der Waals surface area contributed by atoms with E-state index in [-0.39, 0.29) is 18.4 Å². The lowest BCUT2D eigenvalue weighted by Crippen LogP contribution is -2.45. The first-order valence-electron chi connectivity index (χ1n) is 8.07. The lowest BCUT2D eigenvalue weighted by molar-refractivity contribution is -0.140. The zero-order valence-corrected chi connectivity index (χ0v) is 13.7. The van der Waals surface area contributed by atoms with Crippen LogP contribution < -0.4 is 9.47 Å². The highest BCUT2D eigenvalue weighted by atomic mass is 16.5. The van der Waals surface area contributed by atoms with Crippen molar-refractivity contribution < 1.29 is 14.3 Å². The smallest absolute Gasteiger partial charge is 0.251 e. The van der Waals surface area contributed by atoms with E-state index in [2.05, 4.69) is 6.58 Å². The van der Waals surface area contributed by atoms with Gasteiger partial charge in [0, 0.05) is 12.8 Å². The fourth-order valence-corrected chi connectivity index (χ4v) is 2.87. The molecule has 0 aliphatic carbocycles. The Morgan fingerprint density at radius 2 is 1.67 bits per heavy atom. The maximum Gasteiger partial charge on any atom is 0.251 e. The third kappa shape index (κ3) is 3.59. The normalized spacial score (nSPS) is 19.8. The minimum Gasteiger partial charge on any atom is -0.470 e. The van der Waals surface area contributed by atoms with Gasteiger partial charge in [-0.3, -0.25) is 9.69 Å². The maximum atomic E-state index is 12.3. The molecule has 3 rings (SSSR count). The highest BCUT2D eigenvalue weighted by Crippen LogP contribution is 2.29. The highest BCUT2D eigenvalue weighted by molar-refractivity contribution is 5.87. The SMILES string of the molecule is C=CC(=O)N1C(Oc2ccccc2)CCC1Oc1cccc(C)c1. The minimum atomic E-state index is -0.356. The van der Waals surface area contributed by atoms with Crippen molar-refractivity contribution in [1.82, 2.24) is 4.90 Å². The molecule has 1 aliphatic rings. The van der Waals surface area contributed by atoms with Crippen molar-refractivity contribution in [3.63, 3.8) is 0 Å². The first kappa shape index (κ1) is 16.1. The van der Waals surface area contributed by atoms with E-state index in [1.807, 2.05) is 61.5 Å². The molecule has 24 heavy (non-hydrogen) atoms.